The molecule has 2 rings (SSSR count). The van der Waals surface area contributed by atoms with E-state index in [-0.39, 0.29) is 5.92 Å². The van der Waals surface area contributed by atoms with Crippen LogP contribution in [0.15, 0.2) is 12.1 Å². The SMILES string of the molecule is COc1cc(C2(C(=O)O)CCC2)cc(Cl)c1C(C)C. The molecule has 0 atom stereocenters. The Morgan fingerprint density at radius 3 is 2.42 bits per heavy atom. The predicted molar refractivity (Wildman–Crippen MR) is 75.3 cm³/mol. The Morgan fingerprint density at radius 2 is 2.05 bits per heavy atom. The maximum Gasteiger partial charge on any atom is 0.314 e. The highest BCUT2D eigenvalue weighted by atomic mass is 35.5. The van der Waals surface area contributed by atoms with Crippen molar-refractivity contribution in [3.05, 3.63) is 28.3 Å². The Bertz CT molecular complexity index is 504. The standard InChI is InChI=1S/C15H19ClO3/c1-9(2)13-11(16)7-10(8-12(13)19-3)15(14(17)18)5-4-6-15/h7-9H,4-6H2,1-3H3,(H,17,18). The fraction of sp³-hybridized carbons (Fsp3) is 0.533. The first-order chi connectivity index (χ1) is 8.92. The van der Waals surface area contributed by atoms with Crippen molar-refractivity contribution in [1.29, 1.82) is 0 Å². The van der Waals surface area contributed by atoms with Gasteiger partial charge in [0.15, 0.2) is 0 Å². The fourth-order valence-corrected chi connectivity index (χ4v) is 3.18. The number of halogens is 1. The molecule has 1 N–H and O–H groups in total. The first-order valence-electron chi connectivity index (χ1n) is 6.53. The molecule has 0 aliphatic heterocycles. The maximum atomic E-state index is 11.5. The number of hydrogen-bond acceptors (Lipinski definition) is 2. The molecule has 0 spiro atoms. The third-order valence-electron chi connectivity index (χ3n) is 4.06. The van der Waals surface area contributed by atoms with E-state index in [2.05, 4.69) is 0 Å². The molecule has 19 heavy (non-hydrogen) atoms. The molecule has 104 valence electrons. The molecule has 0 bridgehead atoms. The van der Waals surface area contributed by atoms with Gasteiger partial charge in [-0.1, -0.05) is 31.9 Å². The lowest BCUT2D eigenvalue weighted by Gasteiger charge is -2.38. The number of ether oxygens (including phenoxy) is 1. The summed E-state index contributed by atoms with van der Waals surface area (Å²) in [6, 6.07) is 3.64. The topological polar surface area (TPSA) is 46.5 Å². The molecule has 4 heteroatoms. The smallest absolute Gasteiger partial charge is 0.314 e. The molecular weight excluding hydrogens is 264 g/mol. The Hall–Kier alpha value is -1.22. The lowest BCUT2D eigenvalue weighted by Crippen LogP contribution is -2.42. The molecule has 0 saturated heterocycles. The van der Waals surface area contributed by atoms with Gasteiger partial charge in [-0.3, -0.25) is 4.79 Å². The predicted octanol–water partition coefficient (Wildman–Crippen LogP) is 3.98. The van der Waals surface area contributed by atoms with Gasteiger partial charge in [-0.25, -0.2) is 0 Å². The summed E-state index contributed by atoms with van der Waals surface area (Å²) in [5.74, 6) is 0.151. The summed E-state index contributed by atoms with van der Waals surface area (Å²) < 4.78 is 5.39. The third-order valence-corrected chi connectivity index (χ3v) is 4.37. The number of carboxylic acids is 1. The molecule has 1 saturated carbocycles. The van der Waals surface area contributed by atoms with Crippen molar-refractivity contribution in [2.45, 2.75) is 44.4 Å². The summed E-state index contributed by atoms with van der Waals surface area (Å²) in [6.07, 6.45) is 2.28. The minimum absolute atomic E-state index is 0.235. The Kier molecular flexibility index (Phi) is 3.77. The van der Waals surface area contributed by atoms with Crippen molar-refractivity contribution in [2.75, 3.05) is 7.11 Å². The quantitative estimate of drug-likeness (QED) is 0.909. The summed E-state index contributed by atoms with van der Waals surface area (Å²) in [4.78, 5) is 11.5. The summed E-state index contributed by atoms with van der Waals surface area (Å²) in [7, 11) is 1.59. The molecular formula is C15H19ClO3. The Morgan fingerprint density at radius 1 is 1.42 bits per heavy atom. The normalized spacial score (nSPS) is 17.1. The van der Waals surface area contributed by atoms with E-state index in [0.717, 1.165) is 17.5 Å². The van der Waals surface area contributed by atoms with Gasteiger partial charge in [0.05, 0.1) is 12.5 Å². The summed E-state index contributed by atoms with van der Waals surface area (Å²) >= 11 is 6.33. The molecule has 1 aliphatic rings. The van der Waals surface area contributed by atoms with Gasteiger partial charge in [-0.2, -0.15) is 0 Å². The number of methoxy groups -OCH3 is 1. The number of aliphatic carboxylic acids is 1. The number of benzene rings is 1. The third kappa shape index (κ3) is 2.20. The second kappa shape index (κ2) is 5.04. The zero-order valence-corrected chi connectivity index (χ0v) is 12.3. The molecule has 1 aromatic rings. The highest BCUT2D eigenvalue weighted by Crippen LogP contribution is 2.47. The first-order valence-corrected chi connectivity index (χ1v) is 6.91. The molecule has 0 heterocycles. The minimum Gasteiger partial charge on any atom is -0.496 e. The van der Waals surface area contributed by atoms with Crippen LogP contribution in [0, 0.1) is 0 Å². The van der Waals surface area contributed by atoms with Crippen LogP contribution in [0.5, 0.6) is 5.75 Å². The molecule has 0 aromatic heterocycles. The largest absolute Gasteiger partial charge is 0.496 e. The van der Waals surface area contributed by atoms with E-state index in [0.29, 0.717) is 23.6 Å². The van der Waals surface area contributed by atoms with Crippen molar-refractivity contribution in [1.82, 2.24) is 0 Å². The van der Waals surface area contributed by atoms with Crippen molar-refractivity contribution >= 4 is 17.6 Å². The van der Waals surface area contributed by atoms with Crippen LogP contribution in [0.4, 0.5) is 0 Å². The molecule has 0 amide bonds. The lowest BCUT2D eigenvalue weighted by atomic mass is 9.64. The summed E-state index contributed by atoms with van der Waals surface area (Å²) in [5, 5.41) is 10.1. The molecule has 0 unspecified atom stereocenters. The van der Waals surface area contributed by atoms with Crippen LogP contribution in [0.2, 0.25) is 5.02 Å². The van der Waals surface area contributed by atoms with E-state index in [1.54, 1.807) is 13.2 Å². The summed E-state index contributed by atoms with van der Waals surface area (Å²) in [5.41, 5.74) is 0.928. The van der Waals surface area contributed by atoms with Crippen LogP contribution in [0.1, 0.15) is 50.2 Å². The van der Waals surface area contributed by atoms with Gasteiger partial charge in [0.1, 0.15) is 5.75 Å². The van der Waals surface area contributed by atoms with Crippen molar-refractivity contribution < 1.29 is 14.6 Å². The Labute approximate surface area is 118 Å². The van der Waals surface area contributed by atoms with Gasteiger partial charge in [0.2, 0.25) is 0 Å². The van der Waals surface area contributed by atoms with E-state index in [1.165, 1.54) is 0 Å². The summed E-state index contributed by atoms with van der Waals surface area (Å²) in [6.45, 7) is 4.08. The molecule has 1 aromatic carbocycles. The van der Waals surface area contributed by atoms with Crippen molar-refractivity contribution in [3.63, 3.8) is 0 Å². The lowest BCUT2D eigenvalue weighted by molar-refractivity contribution is -0.147. The van der Waals surface area contributed by atoms with Crippen LogP contribution < -0.4 is 4.74 Å². The van der Waals surface area contributed by atoms with Gasteiger partial charge >= 0.3 is 5.97 Å². The van der Waals surface area contributed by atoms with Gasteiger partial charge < -0.3 is 9.84 Å². The van der Waals surface area contributed by atoms with Gasteiger partial charge in [0.25, 0.3) is 0 Å². The van der Waals surface area contributed by atoms with E-state index in [1.807, 2.05) is 19.9 Å². The first kappa shape index (κ1) is 14.2. The van der Waals surface area contributed by atoms with Crippen molar-refractivity contribution in [2.24, 2.45) is 0 Å². The molecule has 1 fully saturated rings. The zero-order chi connectivity index (χ0) is 14.2. The average molecular weight is 283 g/mol. The number of rotatable bonds is 4. The van der Waals surface area contributed by atoms with E-state index in [9.17, 15) is 9.90 Å². The number of carbonyl (C=O) groups is 1. The highest BCUT2D eigenvalue weighted by molar-refractivity contribution is 6.31. The van der Waals surface area contributed by atoms with Crippen LogP contribution in [-0.2, 0) is 10.2 Å². The van der Waals surface area contributed by atoms with Crippen molar-refractivity contribution in [3.8, 4) is 5.75 Å². The van der Waals surface area contributed by atoms with Crippen LogP contribution >= 0.6 is 11.6 Å². The van der Waals surface area contributed by atoms with E-state index < -0.39 is 11.4 Å². The minimum atomic E-state index is -0.771. The van der Waals surface area contributed by atoms with Crippen LogP contribution in [0.25, 0.3) is 0 Å². The van der Waals surface area contributed by atoms with E-state index >= 15 is 0 Å². The Balaban J connectivity index is 2.55. The molecule has 0 radical (unpaired) electrons. The average Bonchev–Trinajstić information content (AvgIpc) is 2.25. The monoisotopic (exact) mass is 282 g/mol. The number of hydrogen-bond donors (Lipinski definition) is 1. The van der Waals surface area contributed by atoms with Crippen LogP contribution in [-0.4, -0.2) is 18.2 Å². The molecule has 3 nitrogen and oxygen atoms in total. The van der Waals surface area contributed by atoms with Gasteiger partial charge in [-0.15, -0.1) is 0 Å². The highest BCUT2D eigenvalue weighted by Gasteiger charge is 2.46. The molecule has 1 aliphatic carbocycles. The second-order valence-electron chi connectivity index (χ2n) is 5.47. The fourth-order valence-electron chi connectivity index (χ4n) is 2.75. The van der Waals surface area contributed by atoms with Gasteiger partial charge in [0, 0.05) is 10.6 Å². The van der Waals surface area contributed by atoms with Gasteiger partial charge in [-0.05, 0) is 36.5 Å². The van der Waals surface area contributed by atoms with Crippen LogP contribution in [0.3, 0.4) is 0 Å². The van der Waals surface area contributed by atoms with E-state index in [4.69, 9.17) is 16.3 Å². The number of carboxylic acid groups (broad SMARTS) is 1. The second-order valence-corrected chi connectivity index (χ2v) is 5.88. The maximum absolute atomic E-state index is 11.5. The zero-order valence-electron chi connectivity index (χ0n) is 11.5.